The van der Waals surface area contributed by atoms with E-state index in [1.165, 1.54) is 0 Å². The highest BCUT2D eigenvalue weighted by Crippen LogP contribution is 2.33. The number of hydrogen-bond donors (Lipinski definition) is 1. The number of hydrogen-bond acceptors (Lipinski definition) is 4. The summed E-state index contributed by atoms with van der Waals surface area (Å²) in [6, 6.07) is 9.70. The summed E-state index contributed by atoms with van der Waals surface area (Å²) in [5.41, 5.74) is 7.67. The summed E-state index contributed by atoms with van der Waals surface area (Å²) in [5.74, 6) is 2.08. The van der Waals surface area contributed by atoms with Gasteiger partial charge in [0.25, 0.3) is 0 Å². The zero-order valence-electron chi connectivity index (χ0n) is 12.6. The molecule has 4 heteroatoms. The van der Waals surface area contributed by atoms with Gasteiger partial charge in [0.1, 0.15) is 5.82 Å². The Labute approximate surface area is 125 Å². The highest BCUT2D eigenvalue weighted by atomic mass is 16.5. The van der Waals surface area contributed by atoms with Crippen molar-refractivity contribution in [2.75, 3.05) is 18.9 Å². The van der Waals surface area contributed by atoms with E-state index in [1.807, 2.05) is 24.3 Å². The quantitative estimate of drug-likeness (QED) is 0.838. The van der Waals surface area contributed by atoms with E-state index in [0.717, 1.165) is 35.5 Å². The standard InChI is InChI=1S/C17H22N2O2/c1-3-9-20-15-7-5-13(11-16(15)21-10-4-2)14-6-8-17(18)19-12-14/h5-8,11-12H,3-4,9-10H2,1-2H3,(H2,18,19). The number of ether oxygens (including phenoxy) is 2. The molecule has 0 unspecified atom stereocenters. The summed E-state index contributed by atoms with van der Waals surface area (Å²) in [4.78, 5) is 4.13. The highest BCUT2D eigenvalue weighted by Gasteiger charge is 2.08. The molecule has 0 saturated heterocycles. The zero-order chi connectivity index (χ0) is 15.1. The van der Waals surface area contributed by atoms with Gasteiger partial charge in [0.2, 0.25) is 0 Å². The van der Waals surface area contributed by atoms with Gasteiger partial charge >= 0.3 is 0 Å². The number of benzene rings is 1. The van der Waals surface area contributed by atoms with Crippen LogP contribution < -0.4 is 15.2 Å². The normalized spacial score (nSPS) is 10.4. The second kappa shape index (κ2) is 7.53. The first-order chi connectivity index (χ1) is 10.2. The Morgan fingerprint density at radius 2 is 1.57 bits per heavy atom. The van der Waals surface area contributed by atoms with Crippen molar-refractivity contribution in [1.29, 1.82) is 0 Å². The van der Waals surface area contributed by atoms with Crippen LogP contribution in [0, 0.1) is 0 Å². The lowest BCUT2D eigenvalue weighted by atomic mass is 10.1. The average molecular weight is 286 g/mol. The number of nitrogens with zero attached hydrogens (tertiary/aromatic N) is 1. The van der Waals surface area contributed by atoms with Gasteiger partial charge < -0.3 is 15.2 Å². The molecule has 2 N–H and O–H groups in total. The molecule has 4 nitrogen and oxygen atoms in total. The van der Waals surface area contributed by atoms with Gasteiger partial charge in [0.15, 0.2) is 11.5 Å². The predicted molar refractivity (Wildman–Crippen MR) is 85.7 cm³/mol. The van der Waals surface area contributed by atoms with E-state index in [1.54, 1.807) is 12.3 Å². The Kier molecular flexibility index (Phi) is 5.43. The van der Waals surface area contributed by atoms with E-state index >= 15 is 0 Å². The van der Waals surface area contributed by atoms with E-state index in [-0.39, 0.29) is 0 Å². The molecule has 112 valence electrons. The van der Waals surface area contributed by atoms with Crippen molar-refractivity contribution < 1.29 is 9.47 Å². The van der Waals surface area contributed by atoms with E-state index in [0.29, 0.717) is 19.0 Å². The fraction of sp³-hybridized carbons (Fsp3) is 0.353. The third kappa shape index (κ3) is 4.12. The van der Waals surface area contributed by atoms with Crippen LogP contribution in [-0.2, 0) is 0 Å². The van der Waals surface area contributed by atoms with Crippen LogP contribution in [0.25, 0.3) is 11.1 Å². The van der Waals surface area contributed by atoms with Crippen LogP contribution in [0.4, 0.5) is 5.82 Å². The molecule has 1 aromatic carbocycles. The Balaban J connectivity index is 2.28. The number of anilines is 1. The van der Waals surface area contributed by atoms with Crippen LogP contribution in [0.2, 0.25) is 0 Å². The van der Waals surface area contributed by atoms with Gasteiger partial charge in [-0.2, -0.15) is 0 Å². The number of rotatable bonds is 7. The lowest BCUT2D eigenvalue weighted by molar-refractivity contribution is 0.268. The average Bonchev–Trinajstić information content (AvgIpc) is 2.52. The minimum atomic E-state index is 0.518. The summed E-state index contributed by atoms with van der Waals surface area (Å²) >= 11 is 0. The predicted octanol–water partition coefficient (Wildman–Crippen LogP) is 3.91. The molecular formula is C17H22N2O2. The summed E-state index contributed by atoms with van der Waals surface area (Å²) in [7, 11) is 0. The third-order valence-corrected chi connectivity index (χ3v) is 2.99. The van der Waals surface area contributed by atoms with Gasteiger partial charge in [-0.05, 0) is 42.7 Å². The first kappa shape index (κ1) is 15.2. The van der Waals surface area contributed by atoms with Gasteiger partial charge in [-0.15, -0.1) is 0 Å². The molecular weight excluding hydrogens is 264 g/mol. The molecule has 0 fully saturated rings. The van der Waals surface area contributed by atoms with Gasteiger partial charge in [0.05, 0.1) is 13.2 Å². The van der Waals surface area contributed by atoms with E-state index in [2.05, 4.69) is 18.8 Å². The number of nitrogen functional groups attached to an aromatic ring is 1. The molecule has 0 radical (unpaired) electrons. The van der Waals surface area contributed by atoms with Gasteiger partial charge in [0, 0.05) is 11.8 Å². The molecule has 0 aliphatic carbocycles. The highest BCUT2D eigenvalue weighted by molar-refractivity contribution is 5.67. The molecule has 1 aromatic heterocycles. The maximum atomic E-state index is 5.80. The zero-order valence-corrected chi connectivity index (χ0v) is 12.6. The first-order valence-electron chi connectivity index (χ1n) is 7.36. The van der Waals surface area contributed by atoms with Crippen molar-refractivity contribution in [2.24, 2.45) is 0 Å². The molecule has 1 heterocycles. The fourth-order valence-corrected chi connectivity index (χ4v) is 1.92. The monoisotopic (exact) mass is 286 g/mol. The van der Waals surface area contributed by atoms with E-state index < -0.39 is 0 Å². The molecule has 0 atom stereocenters. The number of nitrogens with two attached hydrogens (primary N) is 1. The topological polar surface area (TPSA) is 57.4 Å². The van der Waals surface area contributed by atoms with Gasteiger partial charge in [-0.1, -0.05) is 19.9 Å². The summed E-state index contributed by atoms with van der Waals surface area (Å²) in [5, 5.41) is 0. The summed E-state index contributed by atoms with van der Waals surface area (Å²) in [6.45, 7) is 5.53. The smallest absolute Gasteiger partial charge is 0.161 e. The van der Waals surface area contributed by atoms with E-state index in [4.69, 9.17) is 15.2 Å². The maximum Gasteiger partial charge on any atom is 0.161 e. The molecule has 0 bridgehead atoms. The Morgan fingerprint density at radius 1 is 0.905 bits per heavy atom. The van der Waals surface area contributed by atoms with Gasteiger partial charge in [-0.3, -0.25) is 0 Å². The minimum Gasteiger partial charge on any atom is -0.490 e. The van der Waals surface area contributed by atoms with Crippen LogP contribution in [0.15, 0.2) is 36.5 Å². The first-order valence-corrected chi connectivity index (χ1v) is 7.36. The van der Waals surface area contributed by atoms with Crippen LogP contribution in [-0.4, -0.2) is 18.2 Å². The Hall–Kier alpha value is -2.23. The molecule has 0 aliphatic heterocycles. The van der Waals surface area contributed by atoms with Crippen LogP contribution in [0.3, 0.4) is 0 Å². The lowest BCUT2D eigenvalue weighted by Gasteiger charge is -2.13. The molecule has 0 aliphatic rings. The van der Waals surface area contributed by atoms with Crippen molar-refractivity contribution in [1.82, 2.24) is 4.98 Å². The van der Waals surface area contributed by atoms with Crippen molar-refractivity contribution in [3.8, 4) is 22.6 Å². The Bertz CT molecular complexity index is 568. The molecule has 0 spiro atoms. The van der Waals surface area contributed by atoms with E-state index in [9.17, 15) is 0 Å². The molecule has 0 amide bonds. The largest absolute Gasteiger partial charge is 0.490 e. The van der Waals surface area contributed by atoms with Crippen LogP contribution >= 0.6 is 0 Å². The van der Waals surface area contributed by atoms with Gasteiger partial charge in [-0.25, -0.2) is 4.98 Å². The van der Waals surface area contributed by atoms with Crippen LogP contribution in [0.1, 0.15) is 26.7 Å². The van der Waals surface area contributed by atoms with Crippen LogP contribution in [0.5, 0.6) is 11.5 Å². The van der Waals surface area contributed by atoms with Crippen molar-refractivity contribution in [3.05, 3.63) is 36.5 Å². The number of pyridine rings is 1. The molecule has 21 heavy (non-hydrogen) atoms. The molecule has 2 aromatic rings. The summed E-state index contributed by atoms with van der Waals surface area (Å²) in [6.07, 6.45) is 3.69. The van der Waals surface area contributed by atoms with Crippen molar-refractivity contribution >= 4 is 5.82 Å². The second-order valence-electron chi connectivity index (χ2n) is 4.83. The molecule has 2 rings (SSSR count). The fourth-order valence-electron chi connectivity index (χ4n) is 1.92. The number of aromatic nitrogens is 1. The second-order valence-corrected chi connectivity index (χ2v) is 4.83. The summed E-state index contributed by atoms with van der Waals surface area (Å²) < 4.78 is 11.5. The maximum absolute atomic E-state index is 5.80. The Morgan fingerprint density at radius 3 is 2.19 bits per heavy atom. The minimum absolute atomic E-state index is 0.518. The molecule has 0 saturated carbocycles. The van der Waals surface area contributed by atoms with Crippen molar-refractivity contribution in [2.45, 2.75) is 26.7 Å². The van der Waals surface area contributed by atoms with Crippen molar-refractivity contribution in [3.63, 3.8) is 0 Å². The lowest BCUT2D eigenvalue weighted by Crippen LogP contribution is -2.01. The SMILES string of the molecule is CCCOc1ccc(-c2ccc(N)nc2)cc1OCCC. The third-order valence-electron chi connectivity index (χ3n) is 2.99.